The second kappa shape index (κ2) is 13.8. The highest BCUT2D eigenvalue weighted by atomic mass is 35.5. The van der Waals surface area contributed by atoms with Crippen LogP contribution < -0.4 is 25.8 Å². The van der Waals surface area contributed by atoms with E-state index < -0.39 is 33.6 Å². The molecule has 0 saturated heterocycles. The third-order valence-corrected chi connectivity index (χ3v) is 10.4. The molecule has 1 aromatic heterocycles. The number of Topliss-reactive ketones (excluding diaryl/α,β-unsaturated/α-hetero) is 1. The predicted molar refractivity (Wildman–Crippen MR) is 176 cm³/mol. The maximum atomic E-state index is 13.4. The Morgan fingerprint density at radius 3 is 2.50 bits per heavy atom. The van der Waals surface area contributed by atoms with E-state index in [4.69, 9.17) is 15.9 Å². The smallest absolute Gasteiger partial charge is 0.264 e. The standard InChI is InChI=1S/C30H40N6O5S2.ClH/c1-7-20(31)27(38)34-22(24(37)28-35-21-11-8-9-13-23(21)42-28)12-10-14-33-29(32)36-43(39,40)26-17(3)16(2)25-19(18(26)4)15-30(5,6)41-25;/h8-9,11,13,20,22H,7,10,12,14-15,31H2,1-6H3,(H,34,38)(H3,32,33,36);1H/t20-,22-;/m0./s1. The molecule has 2 aromatic carbocycles. The van der Waals surface area contributed by atoms with E-state index in [1.54, 1.807) is 20.8 Å². The summed E-state index contributed by atoms with van der Waals surface area (Å²) in [4.78, 5) is 30.5. The maximum Gasteiger partial charge on any atom is 0.264 e. The van der Waals surface area contributed by atoms with Crippen molar-refractivity contribution in [3.63, 3.8) is 0 Å². The molecule has 14 heteroatoms. The van der Waals surface area contributed by atoms with E-state index in [0.29, 0.717) is 35.9 Å². The van der Waals surface area contributed by atoms with Gasteiger partial charge in [0.15, 0.2) is 5.01 Å². The fraction of sp³-hybridized carbons (Fsp3) is 0.467. The number of nitrogens with zero attached hydrogens (tertiary/aromatic N) is 1. The van der Waals surface area contributed by atoms with Crippen LogP contribution in [0.3, 0.4) is 0 Å². The SMILES string of the molecule is CC[C@H](N)C(=O)N[C@@H](CCCNC(=N)NS(=O)(=O)c1c(C)c(C)c2c(c1C)CC(C)(C)O2)C(=O)c1nc2ccccc2s1.Cl. The molecule has 0 aliphatic carbocycles. The highest BCUT2D eigenvalue weighted by Crippen LogP contribution is 2.43. The van der Waals surface area contributed by atoms with E-state index in [1.165, 1.54) is 11.3 Å². The van der Waals surface area contributed by atoms with Crippen molar-refractivity contribution in [2.45, 2.75) is 89.8 Å². The van der Waals surface area contributed by atoms with Crippen LogP contribution in [0.25, 0.3) is 10.2 Å². The minimum Gasteiger partial charge on any atom is -0.487 e. The van der Waals surface area contributed by atoms with Gasteiger partial charge < -0.3 is 21.1 Å². The molecule has 44 heavy (non-hydrogen) atoms. The molecule has 1 amide bonds. The predicted octanol–water partition coefficient (Wildman–Crippen LogP) is 4.04. The average Bonchev–Trinajstić information content (AvgIpc) is 3.52. The quantitative estimate of drug-likeness (QED) is 0.0883. The summed E-state index contributed by atoms with van der Waals surface area (Å²) in [5.74, 6) is -0.410. The Balaban J connectivity index is 0.00000529. The summed E-state index contributed by atoms with van der Waals surface area (Å²) >= 11 is 1.26. The molecule has 0 spiro atoms. The number of nitrogens with one attached hydrogen (secondary N) is 4. The van der Waals surface area contributed by atoms with Gasteiger partial charge in [-0.25, -0.2) is 18.1 Å². The fourth-order valence-corrected chi connectivity index (χ4v) is 7.73. The number of ketones is 1. The monoisotopic (exact) mass is 664 g/mol. The van der Waals surface area contributed by atoms with Gasteiger partial charge in [0.1, 0.15) is 11.4 Å². The first-order valence-corrected chi connectivity index (χ1v) is 16.6. The molecule has 0 bridgehead atoms. The molecule has 240 valence electrons. The largest absolute Gasteiger partial charge is 0.487 e. The number of ether oxygens (including phenoxy) is 1. The average molecular weight is 665 g/mol. The second-order valence-electron chi connectivity index (χ2n) is 11.5. The topological polar surface area (TPSA) is 176 Å². The lowest BCUT2D eigenvalue weighted by Crippen LogP contribution is -2.48. The number of para-hydroxylation sites is 1. The second-order valence-corrected chi connectivity index (χ2v) is 14.2. The molecular formula is C30H41ClN6O5S2. The highest BCUT2D eigenvalue weighted by Gasteiger charge is 2.37. The molecule has 1 aliphatic heterocycles. The molecule has 2 atom stereocenters. The summed E-state index contributed by atoms with van der Waals surface area (Å²) in [6.45, 7) is 11.3. The van der Waals surface area contributed by atoms with Gasteiger partial charge in [0.2, 0.25) is 17.6 Å². The number of amides is 1. The Hall–Kier alpha value is -3.26. The van der Waals surface area contributed by atoms with E-state index in [0.717, 1.165) is 21.6 Å². The van der Waals surface area contributed by atoms with Crippen molar-refractivity contribution >= 4 is 61.6 Å². The Labute approximate surface area is 268 Å². The molecule has 0 unspecified atom stereocenters. The lowest BCUT2D eigenvalue weighted by molar-refractivity contribution is -0.122. The van der Waals surface area contributed by atoms with Gasteiger partial charge in [0, 0.05) is 18.5 Å². The lowest BCUT2D eigenvalue weighted by Gasteiger charge is -2.20. The minimum atomic E-state index is -4.07. The summed E-state index contributed by atoms with van der Waals surface area (Å²) in [5, 5.41) is 14.1. The molecule has 0 radical (unpaired) electrons. The first-order valence-electron chi connectivity index (χ1n) is 14.3. The molecule has 3 aromatic rings. The highest BCUT2D eigenvalue weighted by molar-refractivity contribution is 7.90. The van der Waals surface area contributed by atoms with Crippen LogP contribution in [-0.2, 0) is 21.2 Å². The van der Waals surface area contributed by atoms with E-state index in [-0.39, 0.29) is 47.0 Å². The van der Waals surface area contributed by atoms with Crippen molar-refractivity contribution < 1.29 is 22.7 Å². The van der Waals surface area contributed by atoms with Crippen molar-refractivity contribution in [1.29, 1.82) is 5.41 Å². The number of sulfonamides is 1. The van der Waals surface area contributed by atoms with Crippen molar-refractivity contribution in [2.24, 2.45) is 5.73 Å². The van der Waals surface area contributed by atoms with Gasteiger partial charge >= 0.3 is 0 Å². The third-order valence-electron chi connectivity index (χ3n) is 7.68. The fourth-order valence-electron chi connectivity index (χ4n) is 5.25. The van der Waals surface area contributed by atoms with Crippen molar-refractivity contribution in [2.75, 3.05) is 6.54 Å². The Morgan fingerprint density at radius 1 is 1.16 bits per heavy atom. The zero-order valence-corrected chi connectivity index (χ0v) is 28.2. The minimum absolute atomic E-state index is 0. The van der Waals surface area contributed by atoms with Gasteiger partial charge in [-0.3, -0.25) is 15.0 Å². The van der Waals surface area contributed by atoms with Crippen LogP contribution in [-0.4, -0.2) is 55.3 Å². The van der Waals surface area contributed by atoms with Gasteiger partial charge in [-0.15, -0.1) is 23.7 Å². The van der Waals surface area contributed by atoms with Gasteiger partial charge in [-0.1, -0.05) is 19.1 Å². The Kier molecular flexibility index (Phi) is 11.0. The summed E-state index contributed by atoms with van der Waals surface area (Å²) in [6.07, 6.45) is 1.60. The number of rotatable bonds is 11. The van der Waals surface area contributed by atoms with Crippen LogP contribution in [0.15, 0.2) is 29.2 Å². The Bertz CT molecular complexity index is 1660. The van der Waals surface area contributed by atoms with Crippen LogP contribution in [0, 0.1) is 26.2 Å². The van der Waals surface area contributed by atoms with Crippen LogP contribution in [0.5, 0.6) is 5.75 Å². The van der Waals surface area contributed by atoms with E-state index >= 15 is 0 Å². The van der Waals surface area contributed by atoms with Crippen molar-refractivity contribution in [3.8, 4) is 5.75 Å². The molecular weight excluding hydrogens is 624 g/mol. The first kappa shape index (κ1) is 35.2. The van der Waals surface area contributed by atoms with Gasteiger partial charge in [-0.2, -0.15) is 0 Å². The maximum absolute atomic E-state index is 13.4. The van der Waals surface area contributed by atoms with Crippen LogP contribution in [0.2, 0.25) is 0 Å². The number of carbonyl (C=O) groups is 2. The van der Waals surface area contributed by atoms with Gasteiger partial charge in [-0.05, 0) is 82.7 Å². The molecule has 2 heterocycles. The number of benzene rings is 2. The number of carbonyl (C=O) groups excluding carboxylic acids is 2. The molecule has 1 aliphatic rings. The molecule has 11 nitrogen and oxygen atoms in total. The molecule has 0 fully saturated rings. The van der Waals surface area contributed by atoms with Crippen molar-refractivity contribution in [3.05, 3.63) is 51.5 Å². The summed E-state index contributed by atoms with van der Waals surface area (Å²) < 4.78 is 36.2. The summed E-state index contributed by atoms with van der Waals surface area (Å²) in [6, 6.07) is 5.79. The van der Waals surface area contributed by atoms with Crippen molar-refractivity contribution in [1.82, 2.24) is 20.3 Å². The van der Waals surface area contributed by atoms with Crippen LogP contribution in [0.4, 0.5) is 0 Å². The Morgan fingerprint density at radius 2 is 1.84 bits per heavy atom. The normalized spacial score (nSPS) is 15.0. The van der Waals surface area contributed by atoms with E-state index in [2.05, 4.69) is 20.3 Å². The first-order chi connectivity index (χ1) is 20.1. The summed E-state index contributed by atoms with van der Waals surface area (Å²) in [5.41, 5.74) is 8.98. The molecule has 0 saturated carbocycles. The number of thiazole rings is 1. The number of guanidine groups is 1. The van der Waals surface area contributed by atoms with E-state index in [9.17, 15) is 18.0 Å². The van der Waals surface area contributed by atoms with Gasteiger partial charge in [0.25, 0.3) is 10.0 Å². The number of hydrogen-bond acceptors (Lipinski definition) is 9. The van der Waals surface area contributed by atoms with E-state index in [1.807, 2.05) is 45.0 Å². The zero-order valence-electron chi connectivity index (χ0n) is 25.8. The molecule has 6 N–H and O–H groups in total. The van der Waals surface area contributed by atoms with Crippen LogP contribution >= 0.6 is 23.7 Å². The number of hydrogen-bond donors (Lipinski definition) is 5. The third kappa shape index (κ3) is 7.51. The van der Waals surface area contributed by atoms with Gasteiger partial charge in [0.05, 0.1) is 27.2 Å². The summed E-state index contributed by atoms with van der Waals surface area (Å²) in [7, 11) is -4.07. The number of halogens is 1. The lowest BCUT2D eigenvalue weighted by atomic mass is 9.94. The number of aromatic nitrogens is 1. The number of fused-ring (bicyclic) bond motifs is 2. The molecule has 4 rings (SSSR count). The van der Waals surface area contributed by atoms with Crippen LogP contribution in [0.1, 0.15) is 72.1 Å². The zero-order chi connectivity index (χ0) is 31.7. The number of nitrogens with two attached hydrogens (primary N) is 1.